The second-order valence-electron chi connectivity index (χ2n) is 4.42. The van der Waals surface area contributed by atoms with Crippen molar-refractivity contribution in [2.24, 2.45) is 0 Å². The highest BCUT2D eigenvalue weighted by Gasteiger charge is 2.27. The van der Waals surface area contributed by atoms with E-state index < -0.39 is 11.4 Å². The van der Waals surface area contributed by atoms with E-state index in [0.717, 1.165) is 0 Å². The van der Waals surface area contributed by atoms with Crippen LogP contribution < -0.4 is 5.32 Å². The minimum absolute atomic E-state index is 0.237. The highest BCUT2D eigenvalue weighted by molar-refractivity contribution is 9.10. The van der Waals surface area contributed by atoms with Crippen molar-refractivity contribution < 1.29 is 9.18 Å². The third kappa shape index (κ3) is 3.68. The molecule has 94 valence electrons. The number of carbonyl (C=O) groups is 1. The average Bonchev–Trinajstić information content (AvgIpc) is 2.20. The largest absolute Gasteiger partial charge is 0.346 e. The number of amides is 1. The standard InChI is InChI=1S/C12H14BrClFNO/c1-7(14)12(2,3)16-11(17)9-6-8(15)4-5-10(9)13/h4-7H,1-3H3,(H,16,17). The molecular weight excluding hydrogens is 308 g/mol. The first kappa shape index (κ1) is 14.5. The monoisotopic (exact) mass is 321 g/mol. The predicted octanol–water partition coefficient (Wildman–Crippen LogP) is 3.72. The van der Waals surface area contributed by atoms with E-state index in [1.807, 2.05) is 13.8 Å². The van der Waals surface area contributed by atoms with Gasteiger partial charge in [0.15, 0.2) is 0 Å². The first-order chi connectivity index (χ1) is 7.74. The third-order valence-electron chi connectivity index (χ3n) is 2.60. The van der Waals surface area contributed by atoms with E-state index in [0.29, 0.717) is 4.47 Å². The van der Waals surface area contributed by atoms with Crippen molar-refractivity contribution in [2.75, 3.05) is 0 Å². The zero-order chi connectivity index (χ0) is 13.2. The van der Waals surface area contributed by atoms with Crippen molar-refractivity contribution in [1.82, 2.24) is 5.32 Å². The second-order valence-corrected chi connectivity index (χ2v) is 5.92. The van der Waals surface area contributed by atoms with Crippen LogP contribution in [0.25, 0.3) is 0 Å². The summed E-state index contributed by atoms with van der Waals surface area (Å²) in [4.78, 5) is 12.0. The molecule has 0 radical (unpaired) electrons. The molecule has 0 spiro atoms. The molecule has 1 aromatic carbocycles. The molecule has 0 saturated heterocycles. The minimum atomic E-state index is -0.565. The molecule has 5 heteroatoms. The Balaban J connectivity index is 2.94. The van der Waals surface area contributed by atoms with E-state index in [-0.39, 0.29) is 16.8 Å². The summed E-state index contributed by atoms with van der Waals surface area (Å²) in [6.45, 7) is 5.42. The van der Waals surface area contributed by atoms with Crippen molar-refractivity contribution in [3.63, 3.8) is 0 Å². The fourth-order valence-corrected chi connectivity index (χ4v) is 1.61. The first-order valence-electron chi connectivity index (χ1n) is 5.15. The van der Waals surface area contributed by atoms with Gasteiger partial charge in [0.05, 0.1) is 16.5 Å². The summed E-state index contributed by atoms with van der Waals surface area (Å²) in [6, 6.07) is 3.98. The summed E-state index contributed by atoms with van der Waals surface area (Å²) in [5.41, 5.74) is -0.305. The van der Waals surface area contributed by atoms with Crippen molar-refractivity contribution in [1.29, 1.82) is 0 Å². The van der Waals surface area contributed by atoms with Crippen LogP contribution in [-0.4, -0.2) is 16.8 Å². The number of halogens is 3. The Hall–Kier alpha value is -0.610. The number of alkyl halides is 1. The number of nitrogens with one attached hydrogen (secondary N) is 1. The Bertz CT molecular complexity index is 435. The predicted molar refractivity (Wildman–Crippen MR) is 71.0 cm³/mol. The molecule has 0 fully saturated rings. The second kappa shape index (κ2) is 5.36. The molecule has 0 aliphatic carbocycles. The first-order valence-corrected chi connectivity index (χ1v) is 6.38. The molecule has 0 aliphatic heterocycles. The van der Waals surface area contributed by atoms with Gasteiger partial charge < -0.3 is 5.32 Å². The van der Waals surface area contributed by atoms with Gasteiger partial charge in [-0.3, -0.25) is 4.79 Å². The zero-order valence-electron chi connectivity index (χ0n) is 9.85. The lowest BCUT2D eigenvalue weighted by Crippen LogP contribution is -2.49. The minimum Gasteiger partial charge on any atom is -0.346 e. The third-order valence-corrected chi connectivity index (χ3v) is 3.84. The fraction of sp³-hybridized carbons (Fsp3) is 0.417. The van der Waals surface area contributed by atoms with Gasteiger partial charge in [0.2, 0.25) is 0 Å². The number of benzene rings is 1. The topological polar surface area (TPSA) is 29.1 Å². The van der Waals surface area contributed by atoms with E-state index in [1.54, 1.807) is 6.92 Å². The van der Waals surface area contributed by atoms with Gasteiger partial charge in [-0.2, -0.15) is 0 Å². The molecule has 0 saturated carbocycles. The van der Waals surface area contributed by atoms with E-state index in [1.165, 1.54) is 18.2 Å². The summed E-state index contributed by atoms with van der Waals surface area (Å²) in [7, 11) is 0. The van der Waals surface area contributed by atoms with Gasteiger partial charge >= 0.3 is 0 Å². The molecule has 1 unspecified atom stereocenters. The van der Waals surface area contributed by atoms with Gasteiger partial charge in [-0.1, -0.05) is 0 Å². The molecule has 2 nitrogen and oxygen atoms in total. The summed E-state index contributed by atoms with van der Waals surface area (Å²) >= 11 is 9.19. The fourth-order valence-electron chi connectivity index (χ4n) is 1.13. The summed E-state index contributed by atoms with van der Waals surface area (Å²) in [6.07, 6.45) is 0. The number of carbonyl (C=O) groups excluding carboxylic acids is 1. The van der Waals surface area contributed by atoms with E-state index >= 15 is 0 Å². The van der Waals surface area contributed by atoms with Gasteiger partial charge in [0, 0.05) is 4.47 Å². The van der Waals surface area contributed by atoms with Crippen molar-refractivity contribution in [3.8, 4) is 0 Å². The normalized spacial score (nSPS) is 13.3. The lowest BCUT2D eigenvalue weighted by molar-refractivity contribution is 0.0911. The van der Waals surface area contributed by atoms with Crippen LogP contribution in [0.5, 0.6) is 0 Å². The van der Waals surface area contributed by atoms with Crippen LogP contribution in [0.4, 0.5) is 4.39 Å². The van der Waals surface area contributed by atoms with E-state index in [2.05, 4.69) is 21.2 Å². The molecular formula is C12H14BrClFNO. The summed E-state index contributed by atoms with van der Waals surface area (Å²) < 4.78 is 13.6. The van der Waals surface area contributed by atoms with Crippen LogP contribution in [0, 0.1) is 5.82 Å². The zero-order valence-corrected chi connectivity index (χ0v) is 12.2. The lowest BCUT2D eigenvalue weighted by atomic mass is 10.0. The molecule has 17 heavy (non-hydrogen) atoms. The Kier molecular flexibility index (Phi) is 4.55. The maximum atomic E-state index is 13.1. The molecule has 1 N–H and O–H groups in total. The smallest absolute Gasteiger partial charge is 0.252 e. The van der Waals surface area contributed by atoms with E-state index in [4.69, 9.17) is 11.6 Å². The molecule has 1 amide bonds. The van der Waals surface area contributed by atoms with Gasteiger partial charge in [-0.05, 0) is 54.9 Å². The van der Waals surface area contributed by atoms with Crippen LogP contribution in [0.3, 0.4) is 0 Å². The molecule has 1 rings (SSSR count). The van der Waals surface area contributed by atoms with Crippen molar-refractivity contribution >= 4 is 33.4 Å². The highest BCUT2D eigenvalue weighted by Crippen LogP contribution is 2.20. The van der Waals surface area contributed by atoms with Gasteiger partial charge in [-0.15, -0.1) is 11.6 Å². The van der Waals surface area contributed by atoms with Gasteiger partial charge in [-0.25, -0.2) is 4.39 Å². The lowest BCUT2D eigenvalue weighted by Gasteiger charge is -2.29. The Morgan fingerprint density at radius 2 is 2.12 bits per heavy atom. The molecule has 0 heterocycles. The molecule has 1 atom stereocenters. The Labute approximate surface area is 114 Å². The van der Waals surface area contributed by atoms with Crippen LogP contribution >= 0.6 is 27.5 Å². The Morgan fingerprint density at radius 3 is 2.65 bits per heavy atom. The van der Waals surface area contributed by atoms with Crippen LogP contribution in [-0.2, 0) is 0 Å². The number of hydrogen-bond donors (Lipinski definition) is 1. The molecule has 1 aromatic rings. The quantitative estimate of drug-likeness (QED) is 0.844. The summed E-state index contributed by atoms with van der Waals surface area (Å²) in [5, 5.41) is 2.54. The van der Waals surface area contributed by atoms with Crippen molar-refractivity contribution in [2.45, 2.75) is 31.7 Å². The SMILES string of the molecule is CC(Cl)C(C)(C)NC(=O)c1cc(F)ccc1Br. The molecule has 0 bridgehead atoms. The average molecular weight is 323 g/mol. The summed E-state index contributed by atoms with van der Waals surface area (Å²) in [5.74, 6) is -0.802. The van der Waals surface area contributed by atoms with Crippen LogP contribution in [0.15, 0.2) is 22.7 Å². The highest BCUT2D eigenvalue weighted by atomic mass is 79.9. The Morgan fingerprint density at radius 1 is 1.53 bits per heavy atom. The van der Waals surface area contributed by atoms with Gasteiger partial charge in [0.1, 0.15) is 5.82 Å². The number of rotatable bonds is 3. The van der Waals surface area contributed by atoms with Gasteiger partial charge in [0.25, 0.3) is 5.91 Å². The van der Waals surface area contributed by atoms with Crippen LogP contribution in [0.2, 0.25) is 0 Å². The molecule has 0 aliphatic rings. The maximum absolute atomic E-state index is 13.1. The van der Waals surface area contributed by atoms with E-state index in [9.17, 15) is 9.18 Å². The van der Waals surface area contributed by atoms with Crippen LogP contribution in [0.1, 0.15) is 31.1 Å². The molecule has 0 aromatic heterocycles. The van der Waals surface area contributed by atoms with Crippen molar-refractivity contribution in [3.05, 3.63) is 34.1 Å². The maximum Gasteiger partial charge on any atom is 0.252 e. The number of hydrogen-bond acceptors (Lipinski definition) is 1.